The number of nitrogens with one attached hydrogen (secondary N) is 3. The molecular weight excluding hydrogens is 828 g/mol. The van der Waals surface area contributed by atoms with Crippen LogP contribution in [0.1, 0.15) is 66.6 Å². The molecule has 1 fully saturated rings. The molecule has 2 atom stereocenters. The Kier molecular flexibility index (Phi) is 14.3. The summed E-state index contributed by atoms with van der Waals surface area (Å²) < 4.78 is 36.6. The molecule has 3 aromatic carbocycles. The number of benzene rings is 3. The van der Waals surface area contributed by atoms with Gasteiger partial charge in [-0.15, -0.1) is 11.3 Å². The summed E-state index contributed by atoms with van der Waals surface area (Å²) in [5.41, 5.74) is 2.11. The van der Waals surface area contributed by atoms with Gasteiger partial charge in [0.25, 0.3) is 23.6 Å². The number of hydrogen-bond acceptors (Lipinski definition) is 14. The number of rotatable bonds is 19. The number of thiazole rings is 1. The molecule has 4 heterocycles. The van der Waals surface area contributed by atoms with Crippen molar-refractivity contribution in [3.63, 3.8) is 0 Å². The van der Waals surface area contributed by atoms with Gasteiger partial charge < -0.3 is 34.3 Å². The number of aromatic hydroxyl groups is 1. The van der Waals surface area contributed by atoms with Gasteiger partial charge in [0.15, 0.2) is 5.13 Å². The van der Waals surface area contributed by atoms with Crippen molar-refractivity contribution >= 4 is 57.6 Å². The SMILES string of the molecule is O=C1CCC(N2C(=O)c3cccc(NCCOCCOCCOCCOCC#Cc4cccc5c4C(=O)N([C@@H](C(=O)Nc4nccs4)c4cc(F)ccc4O)C5)c3C2=O)C(=O)N1. The molecule has 0 spiro atoms. The van der Waals surface area contributed by atoms with Crippen molar-refractivity contribution in [1.82, 2.24) is 20.1 Å². The molecule has 322 valence electrons. The molecule has 17 nitrogen and oxygen atoms in total. The third-order valence-corrected chi connectivity index (χ3v) is 10.7. The number of ether oxygens (including phenoxy) is 4. The molecule has 3 aliphatic heterocycles. The maximum Gasteiger partial charge on any atom is 0.264 e. The number of halogens is 1. The molecule has 1 aromatic heterocycles. The Labute approximate surface area is 358 Å². The van der Waals surface area contributed by atoms with E-state index in [0.717, 1.165) is 23.1 Å². The lowest BCUT2D eigenvalue weighted by Crippen LogP contribution is -2.54. The second kappa shape index (κ2) is 20.3. The first-order valence-electron chi connectivity index (χ1n) is 19.6. The minimum atomic E-state index is -1.36. The van der Waals surface area contributed by atoms with Crippen LogP contribution in [0, 0.1) is 17.7 Å². The monoisotopic (exact) mass is 868 g/mol. The molecule has 3 aliphatic rings. The van der Waals surface area contributed by atoms with Crippen molar-refractivity contribution in [3.05, 3.63) is 105 Å². The molecule has 0 saturated carbocycles. The maximum atomic E-state index is 14.3. The molecular formula is C43H41FN6O11S. The fourth-order valence-electron chi connectivity index (χ4n) is 7.18. The second-order valence-corrected chi connectivity index (χ2v) is 14.9. The van der Waals surface area contributed by atoms with Crippen LogP contribution >= 0.6 is 11.3 Å². The molecule has 0 radical (unpaired) electrons. The van der Waals surface area contributed by atoms with Gasteiger partial charge in [0.05, 0.1) is 62.9 Å². The lowest BCUT2D eigenvalue weighted by atomic mass is 10.0. The molecule has 6 amide bonds. The van der Waals surface area contributed by atoms with Crippen LogP contribution in [0.5, 0.6) is 5.75 Å². The summed E-state index contributed by atoms with van der Waals surface area (Å²) >= 11 is 1.18. The van der Waals surface area contributed by atoms with Gasteiger partial charge in [0, 0.05) is 47.9 Å². The van der Waals surface area contributed by atoms with Gasteiger partial charge in [0.1, 0.15) is 30.3 Å². The van der Waals surface area contributed by atoms with Crippen molar-refractivity contribution in [1.29, 1.82) is 0 Å². The largest absolute Gasteiger partial charge is 0.508 e. The van der Waals surface area contributed by atoms with Crippen LogP contribution in [0.3, 0.4) is 0 Å². The van der Waals surface area contributed by atoms with E-state index >= 15 is 0 Å². The standard InChI is InChI=1S/C43H41FN6O11S/c44-28-9-11-33(51)30(24-28)37(39(54)48-43-46-14-23-62-43)49-25-27-5-1-4-26(35(27)41(49)56)6-3-15-58-17-19-60-21-22-61-20-18-59-16-13-45-31-8-2-7-29-36(31)42(57)50(40(29)55)32-10-12-34(52)47-38(32)53/h1-2,4-5,7-9,11,14,23-24,32,37,45,51H,10,12-13,15-22,25H2,(H,46,48,54)(H,47,52,53)/t32?,37-/m1/s1. The molecule has 4 aromatic rings. The lowest BCUT2D eigenvalue weighted by Gasteiger charge is -2.27. The van der Waals surface area contributed by atoms with E-state index in [9.17, 15) is 38.3 Å². The number of piperidine rings is 1. The van der Waals surface area contributed by atoms with E-state index in [1.54, 1.807) is 35.7 Å². The normalized spacial score (nSPS) is 16.1. The van der Waals surface area contributed by atoms with Gasteiger partial charge in [-0.2, -0.15) is 0 Å². The average molecular weight is 869 g/mol. The third-order valence-electron chi connectivity index (χ3n) is 10.0. The van der Waals surface area contributed by atoms with Gasteiger partial charge in [0.2, 0.25) is 11.8 Å². The number of nitrogens with zero attached hydrogens (tertiary/aromatic N) is 3. The Hall–Kier alpha value is -6.56. The molecule has 19 heteroatoms. The highest BCUT2D eigenvalue weighted by Crippen LogP contribution is 2.38. The quantitative estimate of drug-likeness (QED) is 0.0606. The number of aromatic nitrogens is 1. The fraction of sp³-hybridized carbons (Fsp3) is 0.326. The average Bonchev–Trinajstić information content (AvgIpc) is 3.96. The van der Waals surface area contributed by atoms with E-state index in [1.165, 1.54) is 28.5 Å². The van der Waals surface area contributed by atoms with Crippen LogP contribution in [0.4, 0.5) is 15.2 Å². The number of imide groups is 2. The van der Waals surface area contributed by atoms with Crippen molar-refractivity contribution < 1.29 is 57.2 Å². The van der Waals surface area contributed by atoms with E-state index in [1.807, 2.05) is 0 Å². The Morgan fingerprint density at radius 3 is 2.40 bits per heavy atom. The highest BCUT2D eigenvalue weighted by atomic mass is 32.1. The Balaban J connectivity index is 0.775. The summed E-state index contributed by atoms with van der Waals surface area (Å²) in [5, 5.41) is 20.5. The number of carbonyl (C=O) groups excluding carboxylic acids is 6. The minimum absolute atomic E-state index is 0.0278. The number of anilines is 2. The van der Waals surface area contributed by atoms with Gasteiger partial charge in [-0.3, -0.25) is 44.3 Å². The summed E-state index contributed by atoms with van der Waals surface area (Å²) in [4.78, 5) is 83.8. The number of carbonyl (C=O) groups is 6. The van der Waals surface area contributed by atoms with E-state index < -0.39 is 53.3 Å². The zero-order valence-electron chi connectivity index (χ0n) is 33.1. The molecule has 4 N–H and O–H groups in total. The van der Waals surface area contributed by atoms with E-state index in [2.05, 4.69) is 32.8 Å². The predicted octanol–water partition coefficient (Wildman–Crippen LogP) is 3.25. The first kappa shape index (κ1) is 43.5. The van der Waals surface area contributed by atoms with Crippen LogP contribution in [0.25, 0.3) is 0 Å². The van der Waals surface area contributed by atoms with Crippen LogP contribution < -0.4 is 16.0 Å². The first-order chi connectivity index (χ1) is 30.1. The number of amides is 6. The summed E-state index contributed by atoms with van der Waals surface area (Å²) in [5.74, 6) is 1.44. The van der Waals surface area contributed by atoms with Crippen LogP contribution in [0.2, 0.25) is 0 Å². The molecule has 62 heavy (non-hydrogen) atoms. The van der Waals surface area contributed by atoms with E-state index in [4.69, 9.17) is 18.9 Å². The van der Waals surface area contributed by atoms with Crippen LogP contribution in [-0.2, 0) is 39.9 Å². The van der Waals surface area contributed by atoms with Gasteiger partial charge in [-0.25, -0.2) is 9.37 Å². The molecule has 0 bridgehead atoms. The van der Waals surface area contributed by atoms with Crippen LogP contribution in [0.15, 0.2) is 66.2 Å². The molecule has 1 unspecified atom stereocenters. The Bertz CT molecular complexity index is 2420. The summed E-state index contributed by atoms with van der Waals surface area (Å²) in [6.45, 7) is 2.56. The minimum Gasteiger partial charge on any atom is -0.508 e. The zero-order chi connectivity index (χ0) is 43.6. The van der Waals surface area contributed by atoms with Gasteiger partial charge in [-0.05, 0) is 48.4 Å². The van der Waals surface area contributed by atoms with E-state index in [-0.39, 0.29) is 60.2 Å². The highest BCUT2D eigenvalue weighted by molar-refractivity contribution is 7.13. The van der Waals surface area contributed by atoms with Crippen molar-refractivity contribution in [2.45, 2.75) is 31.5 Å². The Morgan fingerprint density at radius 1 is 0.919 bits per heavy atom. The maximum absolute atomic E-state index is 14.3. The first-order valence-corrected chi connectivity index (χ1v) is 20.5. The van der Waals surface area contributed by atoms with Crippen molar-refractivity contribution in [3.8, 4) is 17.6 Å². The molecule has 1 saturated heterocycles. The fourth-order valence-corrected chi connectivity index (χ4v) is 7.72. The van der Waals surface area contributed by atoms with Gasteiger partial charge in [-0.1, -0.05) is 30.0 Å². The van der Waals surface area contributed by atoms with Gasteiger partial charge >= 0.3 is 0 Å². The molecule has 7 rings (SSSR count). The summed E-state index contributed by atoms with van der Waals surface area (Å²) in [7, 11) is 0. The summed E-state index contributed by atoms with van der Waals surface area (Å²) in [6, 6.07) is 10.9. The number of phenolic OH excluding ortho intramolecular Hbond substituents is 1. The second-order valence-electron chi connectivity index (χ2n) is 14.0. The lowest BCUT2D eigenvalue weighted by molar-refractivity contribution is -0.136. The Morgan fingerprint density at radius 2 is 1.66 bits per heavy atom. The zero-order valence-corrected chi connectivity index (χ0v) is 34.0. The number of hydrogen-bond donors (Lipinski definition) is 4. The van der Waals surface area contributed by atoms with E-state index in [0.29, 0.717) is 68.6 Å². The topological polar surface area (TPSA) is 215 Å². The van der Waals surface area contributed by atoms with Crippen molar-refractivity contribution in [2.24, 2.45) is 0 Å². The third kappa shape index (κ3) is 9.96. The van der Waals surface area contributed by atoms with Crippen molar-refractivity contribution in [2.75, 3.05) is 70.0 Å². The number of phenols is 1. The highest BCUT2D eigenvalue weighted by Gasteiger charge is 2.46. The summed E-state index contributed by atoms with van der Waals surface area (Å²) in [6.07, 6.45) is 1.63. The van der Waals surface area contributed by atoms with Crippen LogP contribution in [-0.4, -0.2) is 121 Å². The predicted molar refractivity (Wildman–Crippen MR) is 220 cm³/mol. The molecule has 0 aliphatic carbocycles. The smallest absolute Gasteiger partial charge is 0.264 e. The number of fused-ring (bicyclic) bond motifs is 2.